The highest BCUT2D eigenvalue weighted by molar-refractivity contribution is 5.65. The van der Waals surface area contributed by atoms with Crippen LogP contribution in [0.3, 0.4) is 0 Å². The first-order chi connectivity index (χ1) is 7.84. The molecule has 1 aliphatic rings. The lowest BCUT2D eigenvalue weighted by Gasteiger charge is -2.08. The maximum absolute atomic E-state index is 6.09. The molecule has 0 saturated carbocycles. The van der Waals surface area contributed by atoms with Crippen LogP contribution in [0.25, 0.3) is 11.1 Å². The molecule has 1 nitrogen and oxygen atoms in total. The first kappa shape index (κ1) is 9.61. The van der Waals surface area contributed by atoms with Gasteiger partial charge in [-0.25, -0.2) is 0 Å². The molecule has 1 aliphatic carbocycles. The summed E-state index contributed by atoms with van der Waals surface area (Å²) < 4.78 is 0. The molecule has 1 atom stereocenters. The van der Waals surface area contributed by atoms with E-state index in [1.165, 1.54) is 22.3 Å². The van der Waals surface area contributed by atoms with Crippen molar-refractivity contribution in [1.29, 1.82) is 0 Å². The summed E-state index contributed by atoms with van der Waals surface area (Å²) in [6.07, 6.45) is 2.22. The van der Waals surface area contributed by atoms with Gasteiger partial charge in [-0.2, -0.15) is 0 Å². The van der Waals surface area contributed by atoms with E-state index in [1.54, 1.807) is 0 Å². The third-order valence-corrected chi connectivity index (χ3v) is 3.38. The molecule has 1 heteroatoms. The summed E-state index contributed by atoms with van der Waals surface area (Å²) >= 11 is 0. The van der Waals surface area contributed by atoms with E-state index < -0.39 is 0 Å². The summed E-state index contributed by atoms with van der Waals surface area (Å²) in [5, 5.41) is 0. The SMILES string of the molecule is N[C@@H]1CCc2ccc(-c3ccccc3)cc21. The van der Waals surface area contributed by atoms with Crippen LogP contribution in [0.1, 0.15) is 23.6 Å². The molecule has 0 bridgehead atoms. The van der Waals surface area contributed by atoms with Gasteiger partial charge in [0, 0.05) is 6.04 Å². The van der Waals surface area contributed by atoms with E-state index >= 15 is 0 Å². The van der Waals surface area contributed by atoms with Gasteiger partial charge in [0.1, 0.15) is 0 Å². The van der Waals surface area contributed by atoms with Gasteiger partial charge in [-0.3, -0.25) is 0 Å². The molecule has 2 aromatic carbocycles. The lowest BCUT2D eigenvalue weighted by molar-refractivity contribution is 0.713. The summed E-state index contributed by atoms with van der Waals surface area (Å²) in [4.78, 5) is 0. The van der Waals surface area contributed by atoms with E-state index in [0.717, 1.165) is 12.8 Å². The number of aryl methyl sites for hydroxylation is 1. The molecule has 2 aromatic rings. The average molecular weight is 209 g/mol. The van der Waals surface area contributed by atoms with E-state index in [9.17, 15) is 0 Å². The molecule has 0 spiro atoms. The van der Waals surface area contributed by atoms with Gasteiger partial charge in [0.2, 0.25) is 0 Å². The van der Waals surface area contributed by atoms with Crippen LogP contribution < -0.4 is 5.73 Å². The summed E-state index contributed by atoms with van der Waals surface area (Å²) in [7, 11) is 0. The Kier molecular flexibility index (Phi) is 2.26. The predicted molar refractivity (Wildman–Crippen MR) is 67.1 cm³/mol. The molecule has 0 aliphatic heterocycles. The van der Waals surface area contributed by atoms with Gasteiger partial charge in [-0.15, -0.1) is 0 Å². The van der Waals surface area contributed by atoms with Crippen molar-refractivity contribution in [3.63, 3.8) is 0 Å². The van der Waals surface area contributed by atoms with E-state index in [0.29, 0.717) is 0 Å². The molecule has 0 unspecified atom stereocenters. The van der Waals surface area contributed by atoms with Crippen LogP contribution >= 0.6 is 0 Å². The van der Waals surface area contributed by atoms with Crippen molar-refractivity contribution in [2.75, 3.05) is 0 Å². The van der Waals surface area contributed by atoms with E-state index in [2.05, 4.69) is 42.5 Å². The Bertz CT molecular complexity index is 502. The van der Waals surface area contributed by atoms with Crippen molar-refractivity contribution < 1.29 is 0 Å². The molecule has 0 radical (unpaired) electrons. The van der Waals surface area contributed by atoms with Crippen LogP contribution in [0.15, 0.2) is 48.5 Å². The number of nitrogens with two attached hydrogens (primary N) is 1. The van der Waals surface area contributed by atoms with Crippen molar-refractivity contribution >= 4 is 0 Å². The second kappa shape index (κ2) is 3.76. The molecule has 0 heterocycles. The van der Waals surface area contributed by atoms with Crippen molar-refractivity contribution in [2.45, 2.75) is 18.9 Å². The lowest BCUT2D eigenvalue weighted by atomic mass is 10.00. The molecule has 16 heavy (non-hydrogen) atoms. The Morgan fingerprint density at radius 3 is 2.56 bits per heavy atom. The standard InChI is InChI=1S/C15H15N/c16-15-9-8-12-6-7-13(10-14(12)15)11-4-2-1-3-5-11/h1-7,10,15H,8-9,16H2/t15-/m1/s1. The largest absolute Gasteiger partial charge is 0.324 e. The fourth-order valence-corrected chi connectivity index (χ4v) is 2.44. The second-order valence-corrected chi connectivity index (χ2v) is 4.42. The minimum atomic E-state index is 0.235. The van der Waals surface area contributed by atoms with Gasteiger partial charge >= 0.3 is 0 Å². The molecular weight excluding hydrogens is 194 g/mol. The number of rotatable bonds is 1. The topological polar surface area (TPSA) is 26.0 Å². The molecule has 3 rings (SSSR count). The zero-order chi connectivity index (χ0) is 11.0. The summed E-state index contributed by atoms with van der Waals surface area (Å²) in [6.45, 7) is 0. The minimum absolute atomic E-state index is 0.235. The maximum Gasteiger partial charge on any atom is 0.0300 e. The molecule has 2 N–H and O–H groups in total. The Morgan fingerprint density at radius 2 is 1.75 bits per heavy atom. The fourth-order valence-electron chi connectivity index (χ4n) is 2.44. The molecular formula is C15H15N. The highest BCUT2D eigenvalue weighted by atomic mass is 14.6. The van der Waals surface area contributed by atoms with E-state index in [1.807, 2.05) is 6.07 Å². The Morgan fingerprint density at radius 1 is 0.938 bits per heavy atom. The van der Waals surface area contributed by atoms with Gasteiger partial charge in [0.25, 0.3) is 0 Å². The minimum Gasteiger partial charge on any atom is -0.324 e. The molecule has 0 fully saturated rings. The number of hydrogen-bond donors (Lipinski definition) is 1. The van der Waals surface area contributed by atoms with Crippen LogP contribution in [0.5, 0.6) is 0 Å². The Balaban J connectivity index is 2.08. The first-order valence-electron chi connectivity index (χ1n) is 5.78. The van der Waals surface area contributed by atoms with Gasteiger partial charge in [0.05, 0.1) is 0 Å². The Labute approximate surface area is 95.9 Å². The Hall–Kier alpha value is -1.60. The van der Waals surface area contributed by atoms with Crippen LogP contribution in [-0.2, 0) is 6.42 Å². The highest BCUT2D eigenvalue weighted by Crippen LogP contribution is 2.32. The van der Waals surface area contributed by atoms with Crippen molar-refractivity contribution in [2.24, 2.45) is 5.73 Å². The lowest BCUT2D eigenvalue weighted by Crippen LogP contribution is -2.05. The van der Waals surface area contributed by atoms with Crippen molar-refractivity contribution in [3.05, 3.63) is 59.7 Å². The average Bonchev–Trinajstić information content (AvgIpc) is 2.72. The predicted octanol–water partition coefficient (Wildman–Crippen LogP) is 3.30. The third-order valence-electron chi connectivity index (χ3n) is 3.38. The monoisotopic (exact) mass is 209 g/mol. The van der Waals surface area contributed by atoms with Crippen molar-refractivity contribution in [3.8, 4) is 11.1 Å². The van der Waals surface area contributed by atoms with Gasteiger partial charge in [-0.05, 0) is 41.2 Å². The smallest absolute Gasteiger partial charge is 0.0300 e. The third kappa shape index (κ3) is 1.54. The maximum atomic E-state index is 6.09. The summed E-state index contributed by atoms with van der Waals surface area (Å²) in [5.41, 5.74) is 11.4. The zero-order valence-corrected chi connectivity index (χ0v) is 9.19. The van der Waals surface area contributed by atoms with E-state index in [-0.39, 0.29) is 6.04 Å². The highest BCUT2D eigenvalue weighted by Gasteiger charge is 2.18. The normalized spacial score (nSPS) is 18.4. The molecule has 0 amide bonds. The first-order valence-corrected chi connectivity index (χ1v) is 5.78. The van der Waals surface area contributed by atoms with Gasteiger partial charge in [-0.1, -0.05) is 42.5 Å². The fraction of sp³-hybridized carbons (Fsp3) is 0.200. The summed E-state index contributed by atoms with van der Waals surface area (Å²) in [5.74, 6) is 0. The summed E-state index contributed by atoms with van der Waals surface area (Å²) in [6, 6.07) is 17.4. The zero-order valence-electron chi connectivity index (χ0n) is 9.19. The van der Waals surface area contributed by atoms with Crippen molar-refractivity contribution in [1.82, 2.24) is 0 Å². The van der Waals surface area contributed by atoms with Crippen LogP contribution in [0.4, 0.5) is 0 Å². The van der Waals surface area contributed by atoms with Crippen LogP contribution in [0.2, 0.25) is 0 Å². The molecule has 0 saturated heterocycles. The quantitative estimate of drug-likeness (QED) is 0.766. The molecule has 80 valence electrons. The number of hydrogen-bond acceptors (Lipinski definition) is 1. The molecule has 0 aromatic heterocycles. The number of fused-ring (bicyclic) bond motifs is 1. The van der Waals surface area contributed by atoms with Gasteiger partial charge in [0.15, 0.2) is 0 Å². The van der Waals surface area contributed by atoms with Crippen LogP contribution in [-0.4, -0.2) is 0 Å². The van der Waals surface area contributed by atoms with Gasteiger partial charge < -0.3 is 5.73 Å². The van der Waals surface area contributed by atoms with Crippen LogP contribution in [0, 0.1) is 0 Å². The van der Waals surface area contributed by atoms with E-state index in [4.69, 9.17) is 5.73 Å². The number of benzene rings is 2. The second-order valence-electron chi connectivity index (χ2n) is 4.42.